The molecule has 0 aliphatic rings. The van der Waals surface area contributed by atoms with Crippen molar-refractivity contribution in [2.45, 2.75) is 6.54 Å². The van der Waals surface area contributed by atoms with Gasteiger partial charge < -0.3 is 4.90 Å². The maximum Gasteiger partial charge on any atom is 0.293 e. The van der Waals surface area contributed by atoms with E-state index in [-0.39, 0.29) is 17.1 Å². The Balaban J connectivity index is 2.29. The summed E-state index contributed by atoms with van der Waals surface area (Å²) >= 11 is 0. The van der Waals surface area contributed by atoms with Crippen LogP contribution < -0.4 is 4.90 Å². The molecule has 0 fully saturated rings. The van der Waals surface area contributed by atoms with Gasteiger partial charge in [-0.1, -0.05) is 12.1 Å². The van der Waals surface area contributed by atoms with E-state index in [1.165, 1.54) is 30.3 Å². The molecule has 2 aromatic carbocycles. The van der Waals surface area contributed by atoms with Gasteiger partial charge in [0.25, 0.3) is 5.69 Å². The van der Waals surface area contributed by atoms with E-state index >= 15 is 0 Å². The molecule has 0 heterocycles. The second-order valence-electron chi connectivity index (χ2n) is 4.61. The number of nitro groups is 1. The molecule has 0 radical (unpaired) electrons. The fraction of sp³-hybridized carbons (Fsp3) is 0.133. The molecule has 0 spiro atoms. The number of nitrogens with zero attached hydrogens (tertiary/aromatic N) is 2. The third-order valence-electron chi connectivity index (χ3n) is 3.08. The molecule has 0 atom stereocenters. The summed E-state index contributed by atoms with van der Waals surface area (Å²) in [6.45, 7) is 0.390. The second-order valence-corrected chi connectivity index (χ2v) is 4.61. The highest BCUT2D eigenvalue weighted by Crippen LogP contribution is 2.29. The smallest absolute Gasteiger partial charge is 0.293 e. The van der Waals surface area contributed by atoms with Crippen molar-refractivity contribution in [3.05, 3.63) is 69.5 Å². The Labute approximate surface area is 120 Å². The average molecular weight is 288 g/mol. The van der Waals surface area contributed by atoms with Gasteiger partial charge in [-0.15, -0.1) is 0 Å². The summed E-state index contributed by atoms with van der Waals surface area (Å²) in [4.78, 5) is 23.0. The lowest BCUT2D eigenvalue weighted by Gasteiger charge is -2.19. The summed E-state index contributed by atoms with van der Waals surface area (Å²) in [5.41, 5.74) is 1.34. The fourth-order valence-electron chi connectivity index (χ4n) is 2.03. The van der Waals surface area contributed by atoms with Crippen molar-refractivity contribution in [1.82, 2.24) is 0 Å². The number of aldehydes is 1. The maximum atomic E-state index is 12.9. The summed E-state index contributed by atoms with van der Waals surface area (Å²) in [6, 6.07) is 10.2. The molecule has 0 aromatic heterocycles. The SMILES string of the molecule is CN(Cc1ccc(F)cc1)c1ccc(C=O)cc1[N+](=O)[O-]. The molecule has 0 bridgehead atoms. The number of halogens is 1. The number of hydrogen-bond acceptors (Lipinski definition) is 4. The van der Waals surface area contributed by atoms with Gasteiger partial charge in [0.2, 0.25) is 0 Å². The van der Waals surface area contributed by atoms with Crippen molar-refractivity contribution in [3.63, 3.8) is 0 Å². The highest BCUT2D eigenvalue weighted by atomic mass is 19.1. The number of benzene rings is 2. The molecular formula is C15H13FN2O3. The van der Waals surface area contributed by atoms with Gasteiger partial charge in [0, 0.05) is 25.2 Å². The minimum absolute atomic E-state index is 0.135. The van der Waals surface area contributed by atoms with Crippen LogP contribution in [0, 0.1) is 15.9 Å². The minimum Gasteiger partial charge on any atom is -0.365 e. The van der Waals surface area contributed by atoms with Crippen LogP contribution in [0.15, 0.2) is 42.5 Å². The van der Waals surface area contributed by atoms with Gasteiger partial charge in [0.05, 0.1) is 4.92 Å². The third kappa shape index (κ3) is 3.42. The number of carbonyl (C=O) groups excluding carboxylic acids is 1. The first-order chi connectivity index (χ1) is 10.0. The van der Waals surface area contributed by atoms with Crippen molar-refractivity contribution >= 4 is 17.7 Å². The van der Waals surface area contributed by atoms with E-state index in [0.29, 0.717) is 18.5 Å². The molecule has 0 saturated carbocycles. The number of hydrogen-bond donors (Lipinski definition) is 0. The Morgan fingerprint density at radius 2 is 1.90 bits per heavy atom. The highest BCUT2D eigenvalue weighted by Gasteiger charge is 2.18. The quantitative estimate of drug-likeness (QED) is 0.481. The Morgan fingerprint density at radius 3 is 2.48 bits per heavy atom. The first-order valence-electron chi connectivity index (χ1n) is 6.20. The zero-order valence-electron chi connectivity index (χ0n) is 11.3. The summed E-state index contributed by atoms with van der Waals surface area (Å²) in [7, 11) is 1.70. The summed E-state index contributed by atoms with van der Waals surface area (Å²) < 4.78 is 12.9. The molecule has 0 saturated heterocycles. The zero-order valence-corrected chi connectivity index (χ0v) is 11.3. The number of carbonyl (C=O) groups is 1. The van der Waals surface area contributed by atoms with Crippen molar-refractivity contribution in [3.8, 4) is 0 Å². The Bertz CT molecular complexity index is 671. The molecule has 0 N–H and O–H groups in total. The van der Waals surface area contributed by atoms with Gasteiger partial charge in [-0.25, -0.2) is 4.39 Å². The van der Waals surface area contributed by atoms with E-state index in [1.54, 1.807) is 24.1 Å². The molecule has 0 unspecified atom stereocenters. The van der Waals surface area contributed by atoms with E-state index in [9.17, 15) is 19.3 Å². The predicted octanol–water partition coefficient (Wildman–Crippen LogP) is 3.18. The van der Waals surface area contributed by atoms with Crippen LogP contribution in [0.5, 0.6) is 0 Å². The van der Waals surface area contributed by atoms with Crippen LogP contribution in [0.2, 0.25) is 0 Å². The lowest BCUT2D eigenvalue weighted by atomic mass is 10.1. The second kappa shape index (κ2) is 6.13. The standard InChI is InChI=1S/C15H13FN2O3/c1-17(9-11-2-5-13(16)6-3-11)14-7-4-12(10-19)8-15(14)18(20)21/h2-8,10H,9H2,1H3. The predicted molar refractivity (Wildman–Crippen MR) is 77.0 cm³/mol. The summed E-state index contributed by atoms with van der Waals surface area (Å²) in [5, 5.41) is 11.1. The number of anilines is 1. The Hall–Kier alpha value is -2.76. The van der Waals surface area contributed by atoms with E-state index in [4.69, 9.17) is 0 Å². The average Bonchev–Trinajstić information content (AvgIpc) is 2.48. The van der Waals surface area contributed by atoms with E-state index in [0.717, 1.165) is 5.56 Å². The van der Waals surface area contributed by atoms with Crippen molar-refractivity contribution < 1.29 is 14.1 Å². The van der Waals surface area contributed by atoms with Crippen LogP contribution in [0.25, 0.3) is 0 Å². The van der Waals surface area contributed by atoms with Crippen LogP contribution in [0.1, 0.15) is 15.9 Å². The lowest BCUT2D eigenvalue weighted by Crippen LogP contribution is -2.17. The van der Waals surface area contributed by atoms with Gasteiger partial charge in [-0.3, -0.25) is 14.9 Å². The van der Waals surface area contributed by atoms with Gasteiger partial charge >= 0.3 is 0 Å². The maximum absolute atomic E-state index is 12.9. The fourth-order valence-corrected chi connectivity index (χ4v) is 2.03. The molecule has 6 heteroatoms. The molecule has 2 aromatic rings. The summed E-state index contributed by atoms with van der Waals surface area (Å²) in [5.74, 6) is -0.331. The third-order valence-corrected chi connectivity index (χ3v) is 3.08. The van der Waals surface area contributed by atoms with E-state index in [1.807, 2.05) is 0 Å². The van der Waals surface area contributed by atoms with Gasteiger partial charge in [0.15, 0.2) is 0 Å². The van der Waals surface area contributed by atoms with E-state index < -0.39 is 4.92 Å². The topological polar surface area (TPSA) is 63.5 Å². The van der Waals surface area contributed by atoms with Crippen molar-refractivity contribution in [1.29, 1.82) is 0 Å². The van der Waals surface area contributed by atoms with Gasteiger partial charge in [-0.2, -0.15) is 0 Å². The van der Waals surface area contributed by atoms with Crippen LogP contribution in [-0.4, -0.2) is 18.3 Å². The minimum atomic E-state index is -0.524. The van der Waals surface area contributed by atoms with Crippen LogP contribution in [0.4, 0.5) is 15.8 Å². The molecule has 21 heavy (non-hydrogen) atoms. The molecule has 0 aliphatic heterocycles. The van der Waals surface area contributed by atoms with Crippen LogP contribution >= 0.6 is 0 Å². The normalized spacial score (nSPS) is 10.2. The zero-order chi connectivity index (χ0) is 15.4. The molecule has 5 nitrogen and oxygen atoms in total. The first-order valence-corrected chi connectivity index (χ1v) is 6.20. The van der Waals surface area contributed by atoms with Crippen molar-refractivity contribution in [2.75, 3.05) is 11.9 Å². The van der Waals surface area contributed by atoms with Gasteiger partial charge in [-0.05, 0) is 29.8 Å². The molecule has 0 amide bonds. The lowest BCUT2D eigenvalue weighted by molar-refractivity contribution is -0.384. The van der Waals surface area contributed by atoms with Crippen LogP contribution in [-0.2, 0) is 6.54 Å². The van der Waals surface area contributed by atoms with Gasteiger partial charge in [0.1, 0.15) is 17.8 Å². The summed E-state index contributed by atoms with van der Waals surface area (Å²) in [6.07, 6.45) is 0.566. The highest BCUT2D eigenvalue weighted by molar-refractivity contribution is 5.79. The number of nitro benzene ring substituents is 1. The number of rotatable bonds is 5. The molecule has 0 aliphatic carbocycles. The molecular weight excluding hydrogens is 275 g/mol. The molecule has 2 rings (SSSR count). The largest absolute Gasteiger partial charge is 0.365 e. The molecule has 108 valence electrons. The first kappa shape index (κ1) is 14.6. The monoisotopic (exact) mass is 288 g/mol. The Kier molecular flexibility index (Phi) is 4.27. The van der Waals surface area contributed by atoms with Crippen molar-refractivity contribution in [2.24, 2.45) is 0 Å². The van der Waals surface area contributed by atoms with E-state index in [2.05, 4.69) is 0 Å². The van der Waals surface area contributed by atoms with Crippen LogP contribution in [0.3, 0.4) is 0 Å². The Morgan fingerprint density at radius 1 is 1.24 bits per heavy atom.